The van der Waals surface area contributed by atoms with Crippen molar-refractivity contribution in [3.05, 3.63) is 54.3 Å². The molecule has 0 spiro atoms. The van der Waals surface area contributed by atoms with Crippen LogP contribution in [0.1, 0.15) is 13.3 Å². The predicted molar refractivity (Wildman–Crippen MR) is 101 cm³/mol. The van der Waals surface area contributed by atoms with Gasteiger partial charge in [0.15, 0.2) is 0 Å². The van der Waals surface area contributed by atoms with Crippen LogP contribution in [0.5, 0.6) is 5.75 Å². The fourth-order valence-corrected chi connectivity index (χ4v) is 3.10. The number of halogens is 1. The summed E-state index contributed by atoms with van der Waals surface area (Å²) in [5.74, 6) is 0.938. The Hall–Kier alpha value is -2.76. The number of hydrogen-bond donors (Lipinski definition) is 2. The minimum absolute atomic E-state index is 0.214. The second-order valence-corrected chi connectivity index (χ2v) is 6.37. The molecule has 1 unspecified atom stereocenters. The molecule has 138 valence electrons. The lowest BCUT2D eigenvalue weighted by Crippen LogP contribution is -2.34. The van der Waals surface area contributed by atoms with Gasteiger partial charge in [0.1, 0.15) is 11.6 Å². The first-order valence-electron chi connectivity index (χ1n) is 8.92. The summed E-state index contributed by atoms with van der Waals surface area (Å²) in [6, 6.07) is 13.6. The van der Waals surface area contributed by atoms with Crippen LogP contribution >= 0.6 is 0 Å². The summed E-state index contributed by atoms with van der Waals surface area (Å²) in [7, 11) is 0. The van der Waals surface area contributed by atoms with E-state index in [1.54, 1.807) is 12.1 Å². The Kier molecular flexibility index (Phi) is 5.94. The molecule has 2 N–H and O–H groups in total. The second-order valence-electron chi connectivity index (χ2n) is 6.37. The number of nitrogens with one attached hydrogen (secondary N) is 2. The molecule has 2 aromatic carbocycles. The molecule has 1 atom stereocenters. The summed E-state index contributed by atoms with van der Waals surface area (Å²) in [4.78, 5) is 14.3. The van der Waals surface area contributed by atoms with E-state index in [0.717, 1.165) is 36.6 Å². The van der Waals surface area contributed by atoms with Crippen LogP contribution in [-0.4, -0.2) is 32.3 Å². The van der Waals surface area contributed by atoms with E-state index in [1.807, 2.05) is 31.2 Å². The highest BCUT2D eigenvalue weighted by Gasteiger charge is 2.23. The van der Waals surface area contributed by atoms with Crippen LogP contribution in [0.3, 0.4) is 0 Å². The number of hydrogen-bond acceptors (Lipinski definition) is 3. The number of nitrogens with zero attached hydrogens (tertiary/aromatic N) is 1. The number of benzene rings is 2. The number of ether oxygens (including phenoxy) is 1. The van der Waals surface area contributed by atoms with Crippen molar-refractivity contribution in [2.75, 3.05) is 36.5 Å². The third kappa shape index (κ3) is 4.88. The molecule has 0 saturated carbocycles. The minimum atomic E-state index is -0.225. The summed E-state index contributed by atoms with van der Waals surface area (Å²) in [6.07, 6.45) is 1.00. The largest absolute Gasteiger partial charge is 0.494 e. The molecule has 3 rings (SSSR count). The van der Waals surface area contributed by atoms with Gasteiger partial charge in [-0.25, -0.2) is 9.18 Å². The summed E-state index contributed by atoms with van der Waals surface area (Å²) in [5, 5.41) is 5.75. The molecule has 1 fully saturated rings. The lowest BCUT2D eigenvalue weighted by atomic mass is 10.1. The normalized spacial score (nSPS) is 16.4. The van der Waals surface area contributed by atoms with E-state index in [4.69, 9.17) is 4.74 Å². The Morgan fingerprint density at radius 2 is 1.92 bits per heavy atom. The van der Waals surface area contributed by atoms with Crippen LogP contribution in [0, 0.1) is 11.7 Å². The molecule has 5 nitrogen and oxygen atoms in total. The third-order valence-corrected chi connectivity index (χ3v) is 4.45. The SMILES string of the molecule is CCOc1ccc(NC(=O)NCC2CCN(c3ccc(F)cc3)C2)cc1. The molecule has 0 aliphatic carbocycles. The molecule has 1 heterocycles. The highest BCUT2D eigenvalue weighted by Crippen LogP contribution is 2.23. The van der Waals surface area contributed by atoms with Crippen molar-refractivity contribution in [2.24, 2.45) is 5.92 Å². The monoisotopic (exact) mass is 357 g/mol. The molecular weight excluding hydrogens is 333 g/mol. The lowest BCUT2D eigenvalue weighted by Gasteiger charge is -2.19. The molecule has 6 heteroatoms. The Labute approximate surface area is 153 Å². The van der Waals surface area contributed by atoms with Gasteiger partial charge in [-0.05, 0) is 67.8 Å². The van der Waals surface area contributed by atoms with E-state index in [1.165, 1.54) is 12.1 Å². The highest BCUT2D eigenvalue weighted by atomic mass is 19.1. The van der Waals surface area contributed by atoms with Crippen molar-refractivity contribution in [1.82, 2.24) is 5.32 Å². The highest BCUT2D eigenvalue weighted by molar-refractivity contribution is 5.89. The van der Waals surface area contributed by atoms with Crippen molar-refractivity contribution in [2.45, 2.75) is 13.3 Å². The van der Waals surface area contributed by atoms with Gasteiger partial charge < -0.3 is 20.3 Å². The van der Waals surface area contributed by atoms with Crippen molar-refractivity contribution < 1.29 is 13.9 Å². The predicted octanol–water partition coefficient (Wildman–Crippen LogP) is 3.87. The number of carbonyl (C=O) groups is 1. The van der Waals surface area contributed by atoms with Gasteiger partial charge in [0, 0.05) is 31.0 Å². The van der Waals surface area contributed by atoms with Gasteiger partial charge in [0.2, 0.25) is 0 Å². The molecule has 1 saturated heterocycles. The standard InChI is InChI=1S/C20H24FN3O2/c1-2-26-19-9-5-17(6-10-19)23-20(25)22-13-15-11-12-24(14-15)18-7-3-16(21)4-8-18/h3-10,15H,2,11-14H2,1H3,(H2,22,23,25). The number of urea groups is 1. The molecule has 1 aliphatic rings. The smallest absolute Gasteiger partial charge is 0.319 e. The molecule has 1 aliphatic heterocycles. The Bertz CT molecular complexity index is 719. The maximum absolute atomic E-state index is 13.0. The molecule has 0 bridgehead atoms. The van der Waals surface area contributed by atoms with E-state index in [9.17, 15) is 9.18 Å². The fourth-order valence-electron chi connectivity index (χ4n) is 3.10. The van der Waals surface area contributed by atoms with Crippen molar-refractivity contribution in [1.29, 1.82) is 0 Å². The Morgan fingerprint density at radius 1 is 1.19 bits per heavy atom. The number of carbonyl (C=O) groups excluding carboxylic acids is 1. The summed E-state index contributed by atoms with van der Waals surface area (Å²) >= 11 is 0. The van der Waals surface area contributed by atoms with Crippen LogP contribution in [0.15, 0.2) is 48.5 Å². The van der Waals surface area contributed by atoms with Crippen LogP contribution in [0.25, 0.3) is 0 Å². The van der Waals surface area contributed by atoms with E-state index in [0.29, 0.717) is 19.1 Å². The first kappa shape index (κ1) is 18.0. The van der Waals surface area contributed by atoms with Gasteiger partial charge in [-0.1, -0.05) is 0 Å². The first-order chi connectivity index (χ1) is 12.6. The number of amides is 2. The topological polar surface area (TPSA) is 53.6 Å². The van der Waals surface area contributed by atoms with Gasteiger partial charge in [-0.15, -0.1) is 0 Å². The Morgan fingerprint density at radius 3 is 2.62 bits per heavy atom. The summed E-state index contributed by atoms with van der Waals surface area (Å²) in [5.41, 5.74) is 1.75. The quantitative estimate of drug-likeness (QED) is 0.825. The molecule has 26 heavy (non-hydrogen) atoms. The summed E-state index contributed by atoms with van der Waals surface area (Å²) < 4.78 is 18.4. The van der Waals surface area contributed by atoms with Gasteiger partial charge in [0.05, 0.1) is 6.61 Å². The number of anilines is 2. The Balaban J connectivity index is 1.42. The van der Waals surface area contributed by atoms with E-state index >= 15 is 0 Å². The zero-order valence-corrected chi connectivity index (χ0v) is 14.9. The van der Waals surface area contributed by atoms with Crippen LogP contribution in [0.2, 0.25) is 0 Å². The minimum Gasteiger partial charge on any atom is -0.494 e. The van der Waals surface area contributed by atoms with Crippen LogP contribution in [0.4, 0.5) is 20.6 Å². The van der Waals surface area contributed by atoms with Gasteiger partial charge in [-0.2, -0.15) is 0 Å². The average Bonchev–Trinajstić information content (AvgIpc) is 3.11. The van der Waals surface area contributed by atoms with Crippen LogP contribution in [-0.2, 0) is 0 Å². The van der Waals surface area contributed by atoms with Crippen molar-refractivity contribution in [3.8, 4) is 5.75 Å². The second kappa shape index (κ2) is 8.56. The summed E-state index contributed by atoms with van der Waals surface area (Å²) in [6.45, 7) is 4.93. The molecule has 2 amide bonds. The first-order valence-corrected chi connectivity index (χ1v) is 8.92. The van der Waals surface area contributed by atoms with Gasteiger partial charge >= 0.3 is 6.03 Å². The van der Waals surface area contributed by atoms with E-state index in [-0.39, 0.29) is 11.8 Å². The molecule has 2 aromatic rings. The lowest BCUT2D eigenvalue weighted by molar-refractivity contribution is 0.250. The number of rotatable bonds is 6. The molecule has 0 aromatic heterocycles. The van der Waals surface area contributed by atoms with E-state index < -0.39 is 0 Å². The average molecular weight is 357 g/mol. The zero-order valence-electron chi connectivity index (χ0n) is 14.9. The maximum Gasteiger partial charge on any atom is 0.319 e. The van der Waals surface area contributed by atoms with Crippen molar-refractivity contribution >= 4 is 17.4 Å². The van der Waals surface area contributed by atoms with Gasteiger partial charge in [-0.3, -0.25) is 0 Å². The third-order valence-electron chi connectivity index (χ3n) is 4.45. The molecule has 0 radical (unpaired) electrons. The van der Waals surface area contributed by atoms with Gasteiger partial charge in [0.25, 0.3) is 0 Å². The maximum atomic E-state index is 13.0. The molecular formula is C20H24FN3O2. The van der Waals surface area contributed by atoms with Crippen molar-refractivity contribution in [3.63, 3.8) is 0 Å². The fraction of sp³-hybridized carbons (Fsp3) is 0.350. The zero-order chi connectivity index (χ0) is 18.4. The van der Waals surface area contributed by atoms with E-state index in [2.05, 4.69) is 15.5 Å². The van der Waals surface area contributed by atoms with Crippen LogP contribution < -0.4 is 20.3 Å².